The molecular weight excluding hydrogens is 538 g/mol. The van der Waals surface area contributed by atoms with Gasteiger partial charge in [-0.3, -0.25) is 0 Å². The zero-order valence-electron chi connectivity index (χ0n) is 18.1. The van der Waals surface area contributed by atoms with Crippen molar-refractivity contribution >= 4 is 41.8 Å². The first-order valence-corrected chi connectivity index (χ1v) is 21.2. The standard InChI is InChI=1S/4C7H7.BrH.Sb/c4*1-7-5-3-2-4-6-7;;/h4*3-6H,1H3;1H;/q;;;;;+1/p-1. The van der Waals surface area contributed by atoms with Crippen LogP contribution in [0.3, 0.4) is 0 Å². The topological polar surface area (TPSA) is 0 Å². The van der Waals surface area contributed by atoms with E-state index in [9.17, 15) is 0 Å². The Balaban J connectivity index is 2.20. The van der Waals surface area contributed by atoms with Crippen molar-refractivity contribution in [2.45, 2.75) is 27.7 Å². The van der Waals surface area contributed by atoms with Gasteiger partial charge in [0, 0.05) is 0 Å². The molecule has 0 N–H and O–H groups in total. The van der Waals surface area contributed by atoms with Gasteiger partial charge in [0.25, 0.3) is 0 Å². The molecule has 0 aliphatic carbocycles. The Kier molecular flexibility index (Phi) is 5.73. The van der Waals surface area contributed by atoms with E-state index in [1.54, 1.807) is 0 Å². The second-order valence-corrected chi connectivity index (χ2v) is 29.5. The third kappa shape index (κ3) is 3.37. The van der Waals surface area contributed by atoms with Crippen molar-refractivity contribution < 1.29 is 0 Å². The molecule has 30 heavy (non-hydrogen) atoms. The van der Waals surface area contributed by atoms with Crippen LogP contribution in [0.5, 0.6) is 0 Å². The molecule has 0 amide bonds. The number of halogens is 1. The van der Waals surface area contributed by atoms with E-state index in [2.05, 4.69) is 137 Å². The molecule has 0 saturated carbocycles. The summed E-state index contributed by atoms with van der Waals surface area (Å²) in [4.78, 5) is 0. The monoisotopic (exact) mass is 564 g/mol. The van der Waals surface area contributed by atoms with Crippen molar-refractivity contribution in [3.8, 4) is 0 Å². The van der Waals surface area contributed by atoms with Gasteiger partial charge in [0.15, 0.2) is 0 Å². The van der Waals surface area contributed by atoms with E-state index in [0.29, 0.717) is 0 Å². The molecule has 0 heterocycles. The van der Waals surface area contributed by atoms with Crippen LogP contribution in [-0.4, -0.2) is 15.1 Å². The van der Waals surface area contributed by atoms with Crippen molar-refractivity contribution in [3.05, 3.63) is 119 Å². The van der Waals surface area contributed by atoms with Crippen molar-refractivity contribution in [3.63, 3.8) is 0 Å². The van der Waals surface area contributed by atoms with Crippen LogP contribution in [0, 0.1) is 27.7 Å². The molecule has 0 unspecified atom stereocenters. The van der Waals surface area contributed by atoms with E-state index in [0.717, 1.165) is 0 Å². The maximum absolute atomic E-state index is 4.63. The summed E-state index contributed by atoms with van der Waals surface area (Å²) in [5.74, 6) is 0. The van der Waals surface area contributed by atoms with Gasteiger partial charge >= 0.3 is 189 Å². The molecule has 0 fully saturated rings. The molecular formula is C28H28BrSb. The van der Waals surface area contributed by atoms with E-state index < -0.39 is 15.1 Å². The van der Waals surface area contributed by atoms with Crippen molar-refractivity contribution in [2.24, 2.45) is 0 Å². The SMILES string of the molecule is Cc1cc[c]([Sb]([Br])([c]2ccc(C)cc2)([c]2ccc(C)cc2)[c]2ccc(C)cc2)cc1. The Morgan fingerprint density at radius 3 is 0.700 bits per heavy atom. The molecule has 0 saturated heterocycles. The van der Waals surface area contributed by atoms with E-state index in [1.165, 1.54) is 36.3 Å². The third-order valence-corrected chi connectivity index (χ3v) is 31.5. The number of hydrogen-bond acceptors (Lipinski definition) is 0. The van der Waals surface area contributed by atoms with E-state index >= 15 is 0 Å². The first-order valence-electron chi connectivity index (χ1n) is 10.3. The first kappa shape index (κ1) is 21.4. The Morgan fingerprint density at radius 1 is 0.367 bits per heavy atom. The zero-order valence-corrected chi connectivity index (χ0v) is 22.2. The van der Waals surface area contributed by atoms with Crippen molar-refractivity contribution in [1.29, 1.82) is 0 Å². The van der Waals surface area contributed by atoms with Crippen molar-refractivity contribution in [2.75, 3.05) is 0 Å². The van der Waals surface area contributed by atoms with Gasteiger partial charge in [-0.1, -0.05) is 0 Å². The molecule has 0 aliphatic heterocycles. The van der Waals surface area contributed by atoms with Gasteiger partial charge in [-0.05, 0) is 0 Å². The fourth-order valence-corrected chi connectivity index (χ4v) is 23.7. The molecule has 0 spiro atoms. The summed E-state index contributed by atoms with van der Waals surface area (Å²) in [7, 11) is 0. The molecule has 0 nitrogen and oxygen atoms in total. The summed E-state index contributed by atoms with van der Waals surface area (Å²) < 4.78 is 5.57. The van der Waals surface area contributed by atoms with Crippen LogP contribution in [0.2, 0.25) is 0 Å². The van der Waals surface area contributed by atoms with Crippen LogP contribution >= 0.6 is 12.6 Å². The second-order valence-electron chi connectivity index (χ2n) is 8.35. The van der Waals surface area contributed by atoms with Crippen LogP contribution < -0.4 is 14.0 Å². The normalized spacial score (nSPS) is 12.9. The summed E-state index contributed by atoms with van der Waals surface area (Å²) in [5.41, 5.74) is 5.13. The number of benzene rings is 4. The molecule has 0 bridgehead atoms. The quantitative estimate of drug-likeness (QED) is 0.301. The molecule has 4 aromatic carbocycles. The second kappa shape index (κ2) is 8.02. The van der Waals surface area contributed by atoms with Crippen molar-refractivity contribution in [1.82, 2.24) is 0 Å². The predicted molar refractivity (Wildman–Crippen MR) is 138 cm³/mol. The summed E-state index contributed by atoms with van der Waals surface area (Å²) in [6.45, 7) is 8.63. The predicted octanol–water partition coefficient (Wildman–Crippen LogP) is 5.14. The molecule has 2 heteroatoms. The molecule has 0 radical (unpaired) electrons. The number of aryl methyl sites for hydroxylation is 4. The number of rotatable bonds is 4. The van der Waals surface area contributed by atoms with Gasteiger partial charge in [0.1, 0.15) is 0 Å². The molecule has 0 aliphatic rings. The number of hydrogen-bond donors (Lipinski definition) is 0. The van der Waals surface area contributed by atoms with Gasteiger partial charge in [-0.15, -0.1) is 0 Å². The van der Waals surface area contributed by atoms with Gasteiger partial charge in [-0.2, -0.15) is 0 Å². The van der Waals surface area contributed by atoms with Gasteiger partial charge in [0.2, 0.25) is 0 Å². The average molecular weight is 566 g/mol. The zero-order chi connectivity index (χ0) is 21.4. The minimum atomic E-state index is -4.21. The van der Waals surface area contributed by atoms with Gasteiger partial charge in [0.05, 0.1) is 0 Å². The molecule has 4 rings (SSSR count). The summed E-state index contributed by atoms with van der Waals surface area (Å²) in [5, 5.41) is 0. The van der Waals surface area contributed by atoms with Crippen LogP contribution in [-0.2, 0) is 0 Å². The molecule has 0 aromatic heterocycles. The van der Waals surface area contributed by atoms with Crippen LogP contribution in [0.15, 0.2) is 97.1 Å². The Hall–Kier alpha value is -1.82. The average Bonchev–Trinajstić information content (AvgIpc) is 2.75. The third-order valence-electron chi connectivity index (χ3n) is 6.08. The Morgan fingerprint density at radius 2 is 0.533 bits per heavy atom. The molecule has 152 valence electrons. The fraction of sp³-hybridized carbons (Fsp3) is 0.143. The van der Waals surface area contributed by atoms with Crippen LogP contribution in [0.4, 0.5) is 0 Å². The van der Waals surface area contributed by atoms with E-state index in [4.69, 9.17) is 0 Å². The maximum atomic E-state index is 4.63. The summed E-state index contributed by atoms with van der Waals surface area (Å²) in [6, 6.07) is 36.7. The summed E-state index contributed by atoms with van der Waals surface area (Å²) >= 11 is 0.412. The van der Waals surface area contributed by atoms with E-state index in [1.807, 2.05) is 0 Å². The van der Waals surface area contributed by atoms with E-state index in [-0.39, 0.29) is 0 Å². The molecule has 0 atom stereocenters. The Labute approximate surface area is 187 Å². The summed E-state index contributed by atoms with van der Waals surface area (Å²) in [6.07, 6.45) is 0. The minimum absolute atomic E-state index is 1.28. The van der Waals surface area contributed by atoms with Gasteiger partial charge in [-0.25, -0.2) is 0 Å². The van der Waals surface area contributed by atoms with Crippen LogP contribution in [0.1, 0.15) is 22.3 Å². The Bertz CT molecular complexity index is 962. The van der Waals surface area contributed by atoms with Gasteiger partial charge < -0.3 is 0 Å². The first-order chi connectivity index (χ1) is 14.3. The van der Waals surface area contributed by atoms with Crippen LogP contribution in [0.25, 0.3) is 0 Å². The molecule has 4 aromatic rings. The fourth-order valence-electron chi connectivity index (χ4n) is 4.19.